The number of nitrogens with zero attached hydrogens (tertiary/aromatic N) is 1. The van der Waals surface area contributed by atoms with Crippen LogP contribution in [-0.2, 0) is 10.0 Å². The van der Waals surface area contributed by atoms with E-state index in [2.05, 4.69) is 10.6 Å². The number of amides is 2. The molecule has 114 valence electrons. The maximum atomic E-state index is 12.0. The highest BCUT2D eigenvalue weighted by atomic mass is 32.2. The maximum Gasteiger partial charge on any atom is 0.319 e. The molecule has 0 radical (unpaired) electrons. The Balaban J connectivity index is 1.80. The number of hydrogen-bond donors (Lipinski definition) is 2. The van der Waals surface area contributed by atoms with Crippen molar-refractivity contribution in [2.24, 2.45) is 0 Å². The number of anilines is 2. The monoisotopic (exact) mass is 309 g/mol. The molecular weight excluding hydrogens is 290 g/mol. The van der Waals surface area contributed by atoms with Crippen LogP contribution in [0.5, 0.6) is 0 Å². The number of benzene rings is 1. The van der Waals surface area contributed by atoms with Gasteiger partial charge >= 0.3 is 6.03 Å². The van der Waals surface area contributed by atoms with Gasteiger partial charge in [-0.1, -0.05) is 6.07 Å². The second-order valence-electron chi connectivity index (χ2n) is 5.61. The third-order valence-electron chi connectivity index (χ3n) is 3.77. The van der Waals surface area contributed by atoms with Gasteiger partial charge in [-0.2, -0.15) is 0 Å². The van der Waals surface area contributed by atoms with Gasteiger partial charge in [0, 0.05) is 18.3 Å². The summed E-state index contributed by atoms with van der Waals surface area (Å²) >= 11 is 0. The Bertz CT molecular complexity index is 668. The van der Waals surface area contributed by atoms with Crippen LogP contribution in [0.25, 0.3) is 0 Å². The molecule has 21 heavy (non-hydrogen) atoms. The minimum absolute atomic E-state index is 0.186. The van der Waals surface area contributed by atoms with E-state index in [0.717, 1.165) is 18.4 Å². The summed E-state index contributed by atoms with van der Waals surface area (Å²) in [5.74, 6) is 0.186. The van der Waals surface area contributed by atoms with E-state index in [4.69, 9.17) is 0 Å². The Morgan fingerprint density at radius 2 is 2.10 bits per heavy atom. The summed E-state index contributed by atoms with van der Waals surface area (Å²) in [7, 11) is -3.20. The quantitative estimate of drug-likeness (QED) is 0.894. The minimum Gasteiger partial charge on any atom is -0.335 e. The van der Waals surface area contributed by atoms with Crippen molar-refractivity contribution >= 4 is 27.4 Å². The van der Waals surface area contributed by atoms with Crippen LogP contribution >= 0.6 is 0 Å². The Morgan fingerprint density at radius 3 is 2.71 bits per heavy atom. The molecule has 1 aliphatic carbocycles. The first-order chi connectivity index (χ1) is 9.95. The predicted octanol–water partition coefficient (Wildman–Crippen LogP) is 1.82. The van der Waals surface area contributed by atoms with Gasteiger partial charge in [0.05, 0.1) is 11.4 Å². The number of nitrogens with one attached hydrogen (secondary N) is 2. The van der Waals surface area contributed by atoms with Crippen LogP contribution in [0, 0.1) is 6.92 Å². The van der Waals surface area contributed by atoms with Crippen LogP contribution in [-0.4, -0.2) is 32.8 Å². The smallest absolute Gasteiger partial charge is 0.319 e. The van der Waals surface area contributed by atoms with E-state index in [0.29, 0.717) is 24.3 Å². The second-order valence-corrected chi connectivity index (χ2v) is 7.63. The largest absolute Gasteiger partial charge is 0.335 e. The molecule has 6 nitrogen and oxygen atoms in total. The van der Waals surface area contributed by atoms with E-state index in [-0.39, 0.29) is 17.8 Å². The average molecular weight is 309 g/mol. The number of urea groups is 1. The lowest BCUT2D eigenvalue weighted by atomic mass is 10.2. The summed E-state index contributed by atoms with van der Waals surface area (Å²) in [5, 5.41) is 5.65. The molecule has 0 atom stereocenters. The molecule has 0 spiro atoms. The molecular formula is C14H19N3O3S. The lowest BCUT2D eigenvalue weighted by Gasteiger charge is -2.19. The SMILES string of the molecule is Cc1ccc(N2CCCS2(=O)=O)cc1NC(=O)NC1CC1. The third-order valence-corrected chi connectivity index (χ3v) is 5.64. The van der Waals surface area contributed by atoms with E-state index < -0.39 is 10.0 Å². The molecule has 1 saturated carbocycles. The maximum absolute atomic E-state index is 12.0. The van der Waals surface area contributed by atoms with Crippen molar-refractivity contribution in [3.8, 4) is 0 Å². The van der Waals surface area contributed by atoms with Crippen LogP contribution in [0.2, 0.25) is 0 Å². The van der Waals surface area contributed by atoms with Crippen LogP contribution < -0.4 is 14.9 Å². The molecule has 1 aromatic carbocycles. The molecule has 0 unspecified atom stereocenters. The van der Waals surface area contributed by atoms with Crippen LogP contribution in [0.3, 0.4) is 0 Å². The first-order valence-corrected chi connectivity index (χ1v) is 8.75. The Kier molecular flexibility index (Phi) is 3.52. The van der Waals surface area contributed by atoms with Crippen molar-refractivity contribution in [3.05, 3.63) is 23.8 Å². The molecule has 3 rings (SSSR count). The van der Waals surface area contributed by atoms with Gasteiger partial charge in [0.2, 0.25) is 10.0 Å². The number of hydrogen-bond acceptors (Lipinski definition) is 3. The molecule has 2 fully saturated rings. The highest BCUT2D eigenvalue weighted by Gasteiger charge is 2.29. The van der Waals surface area contributed by atoms with Crippen LogP contribution in [0.15, 0.2) is 18.2 Å². The first kappa shape index (κ1) is 14.2. The molecule has 0 aromatic heterocycles. The van der Waals surface area contributed by atoms with Crippen molar-refractivity contribution in [1.82, 2.24) is 5.32 Å². The van der Waals surface area contributed by atoms with Crippen molar-refractivity contribution in [2.45, 2.75) is 32.2 Å². The number of aryl methyl sites for hydroxylation is 1. The summed E-state index contributed by atoms with van der Waals surface area (Å²) in [6.07, 6.45) is 2.69. The van der Waals surface area contributed by atoms with Gasteiger partial charge in [-0.3, -0.25) is 4.31 Å². The number of sulfonamides is 1. The van der Waals surface area contributed by atoms with Gasteiger partial charge in [0.25, 0.3) is 0 Å². The van der Waals surface area contributed by atoms with Gasteiger partial charge < -0.3 is 10.6 Å². The minimum atomic E-state index is -3.20. The molecule has 1 saturated heterocycles. The fraction of sp³-hybridized carbons (Fsp3) is 0.500. The molecule has 1 heterocycles. The van der Waals surface area contributed by atoms with Crippen LogP contribution in [0.1, 0.15) is 24.8 Å². The summed E-state index contributed by atoms with van der Waals surface area (Å²) in [5.41, 5.74) is 2.16. The van der Waals surface area contributed by atoms with E-state index in [1.54, 1.807) is 12.1 Å². The topological polar surface area (TPSA) is 78.5 Å². The lowest BCUT2D eigenvalue weighted by molar-refractivity contribution is 0.251. The fourth-order valence-electron chi connectivity index (χ4n) is 2.40. The number of rotatable bonds is 3. The molecule has 0 bridgehead atoms. The fourth-order valence-corrected chi connectivity index (χ4v) is 3.96. The lowest BCUT2D eigenvalue weighted by Crippen LogP contribution is -2.31. The molecule has 7 heteroatoms. The van der Waals surface area contributed by atoms with Gasteiger partial charge in [-0.25, -0.2) is 13.2 Å². The van der Waals surface area contributed by atoms with Crippen LogP contribution in [0.4, 0.5) is 16.2 Å². The number of carbonyl (C=O) groups excluding carboxylic acids is 1. The van der Waals surface area contributed by atoms with Gasteiger partial charge in [-0.15, -0.1) is 0 Å². The summed E-state index contributed by atoms with van der Waals surface area (Å²) in [4.78, 5) is 11.8. The number of carbonyl (C=O) groups is 1. The van der Waals surface area contributed by atoms with Crippen molar-refractivity contribution in [3.63, 3.8) is 0 Å². The predicted molar refractivity (Wildman–Crippen MR) is 82.1 cm³/mol. The molecule has 2 aliphatic rings. The average Bonchev–Trinajstić information content (AvgIpc) is 3.14. The molecule has 2 amide bonds. The van der Waals surface area contributed by atoms with E-state index in [9.17, 15) is 13.2 Å². The molecule has 1 aliphatic heterocycles. The molecule has 1 aromatic rings. The van der Waals surface area contributed by atoms with Crippen molar-refractivity contribution < 1.29 is 13.2 Å². The third kappa shape index (κ3) is 3.12. The zero-order valence-corrected chi connectivity index (χ0v) is 12.7. The molecule has 2 N–H and O–H groups in total. The first-order valence-electron chi connectivity index (χ1n) is 7.14. The van der Waals surface area contributed by atoms with Crippen molar-refractivity contribution in [2.75, 3.05) is 21.9 Å². The standard InChI is InChI=1S/C14H19N3O3S/c1-10-3-6-12(17-7-2-8-21(17,19)20)9-13(10)16-14(18)15-11-4-5-11/h3,6,9,11H,2,4-5,7-8H2,1H3,(H2,15,16,18). The van der Waals surface area contributed by atoms with E-state index in [1.807, 2.05) is 13.0 Å². The normalized spacial score (nSPS) is 20.3. The van der Waals surface area contributed by atoms with Crippen molar-refractivity contribution in [1.29, 1.82) is 0 Å². The zero-order valence-electron chi connectivity index (χ0n) is 11.9. The summed E-state index contributed by atoms with van der Waals surface area (Å²) < 4.78 is 25.3. The Morgan fingerprint density at radius 1 is 1.33 bits per heavy atom. The van der Waals surface area contributed by atoms with Gasteiger partial charge in [0.15, 0.2) is 0 Å². The zero-order chi connectivity index (χ0) is 15.0. The summed E-state index contributed by atoms with van der Waals surface area (Å²) in [6.45, 7) is 2.38. The highest BCUT2D eigenvalue weighted by molar-refractivity contribution is 7.93. The van der Waals surface area contributed by atoms with E-state index in [1.165, 1.54) is 4.31 Å². The Hall–Kier alpha value is -1.76. The van der Waals surface area contributed by atoms with Gasteiger partial charge in [-0.05, 0) is 43.9 Å². The van der Waals surface area contributed by atoms with Gasteiger partial charge in [0.1, 0.15) is 0 Å². The highest BCUT2D eigenvalue weighted by Crippen LogP contribution is 2.28. The Labute approximate surface area is 124 Å². The van der Waals surface area contributed by atoms with E-state index >= 15 is 0 Å². The summed E-state index contributed by atoms with van der Waals surface area (Å²) in [6, 6.07) is 5.39. The second kappa shape index (κ2) is 5.22.